The van der Waals surface area contributed by atoms with E-state index < -0.39 is 0 Å². The van der Waals surface area contributed by atoms with Gasteiger partial charge in [0.2, 0.25) is 0 Å². The second kappa shape index (κ2) is 11.0. The summed E-state index contributed by atoms with van der Waals surface area (Å²) >= 11 is 0. The molecule has 0 amide bonds. The zero-order valence-corrected chi connectivity index (χ0v) is 13.7. The van der Waals surface area contributed by atoms with Crippen LogP contribution in [0.15, 0.2) is 4.99 Å². The Hall–Kier alpha value is -0.770. The first-order chi connectivity index (χ1) is 9.80. The van der Waals surface area contributed by atoms with Gasteiger partial charge >= 0.3 is 0 Å². The summed E-state index contributed by atoms with van der Waals surface area (Å²) in [5, 5.41) is 6.80. The highest BCUT2D eigenvalue weighted by Crippen LogP contribution is 2.19. The van der Waals surface area contributed by atoms with Crippen LogP contribution in [-0.4, -0.2) is 50.1 Å². The van der Waals surface area contributed by atoms with Crippen molar-refractivity contribution in [1.29, 1.82) is 0 Å². The van der Waals surface area contributed by atoms with Gasteiger partial charge in [-0.05, 0) is 58.2 Å². The number of hydrogen-bond acceptors (Lipinski definition) is 2. The highest BCUT2D eigenvalue weighted by molar-refractivity contribution is 5.79. The predicted octanol–water partition coefficient (Wildman–Crippen LogP) is 2.46. The molecule has 0 aromatic heterocycles. The van der Waals surface area contributed by atoms with E-state index in [2.05, 4.69) is 41.3 Å². The molecule has 4 heteroatoms. The zero-order chi connectivity index (χ0) is 14.6. The van der Waals surface area contributed by atoms with Crippen molar-refractivity contribution in [3.8, 4) is 0 Å². The van der Waals surface area contributed by atoms with E-state index in [1.807, 2.05) is 0 Å². The number of aliphatic imine (C=N–C) groups is 1. The van der Waals surface area contributed by atoms with Gasteiger partial charge in [0.05, 0.1) is 0 Å². The van der Waals surface area contributed by atoms with E-state index in [1.165, 1.54) is 51.7 Å². The fourth-order valence-electron chi connectivity index (χ4n) is 2.68. The molecule has 20 heavy (non-hydrogen) atoms. The van der Waals surface area contributed by atoms with Crippen LogP contribution < -0.4 is 10.6 Å². The normalized spacial score (nSPS) is 18.2. The SMILES string of the molecule is CCCCN=C(NCC)NCCC1CCN(CC)CC1. The molecule has 1 aliphatic heterocycles. The predicted molar refractivity (Wildman–Crippen MR) is 88.3 cm³/mol. The fraction of sp³-hybridized carbons (Fsp3) is 0.938. The lowest BCUT2D eigenvalue weighted by Crippen LogP contribution is -2.39. The van der Waals surface area contributed by atoms with Crippen LogP contribution >= 0.6 is 0 Å². The minimum atomic E-state index is 0.892. The van der Waals surface area contributed by atoms with Gasteiger partial charge in [-0.3, -0.25) is 4.99 Å². The van der Waals surface area contributed by atoms with E-state index in [1.54, 1.807) is 0 Å². The van der Waals surface area contributed by atoms with Gasteiger partial charge in [0.25, 0.3) is 0 Å². The molecule has 1 fully saturated rings. The lowest BCUT2D eigenvalue weighted by atomic mass is 9.93. The molecule has 0 saturated carbocycles. The van der Waals surface area contributed by atoms with Crippen molar-refractivity contribution in [3.63, 3.8) is 0 Å². The third kappa shape index (κ3) is 7.13. The molecule has 1 aliphatic rings. The molecule has 118 valence electrons. The van der Waals surface area contributed by atoms with Gasteiger partial charge in [0, 0.05) is 19.6 Å². The van der Waals surface area contributed by atoms with Crippen LogP contribution in [0.4, 0.5) is 0 Å². The average Bonchev–Trinajstić information content (AvgIpc) is 2.48. The maximum absolute atomic E-state index is 4.60. The molecule has 0 bridgehead atoms. The van der Waals surface area contributed by atoms with E-state index in [0.29, 0.717) is 0 Å². The molecule has 2 N–H and O–H groups in total. The minimum absolute atomic E-state index is 0.892. The number of guanidine groups is 1. The van der Waals surface area contributed by atoms with Gasteiger partial charge < -0.3 is 15.5 Å². The Morgan fingerprint density at radius 3 is 2.50 bits per heavy atom. The molecule has 0 unspecified atom stereocenters. The number of likely N-dealkylation sites (tertiary alicyclic amines) is 1. The summed E-state index contributed by atoms with van der Waals surface area (Å²) < 4.78 is 0. The summed E-state index contributed by atoms with van der Waals surface area (Å²) in [5.74, 6) is 1.88. The standard InChI is InChI=1S/C16H34N4/c1-4-7-11-18-16(17-5-2)19-12-8-15-9-13-20(6-3)14-10-15/h15H,4-14H2,1-3H3,(H2,17,18,19). The quantitative estimate of drug-likeness (QED) is 0.408. The van der Waals surface area contributed by atoms with Crippen LogP contribution in [0.3, 0.4) is 0 Å². The van der Waals surface area contributed by atoms with E-state index in [4.69, 9.17) is 0 Å². The van der Waals surface area contributed by atoms with Gasteiger partial charge in [0.15, 0.2) is 5.96 Å². The Bertz CT molecular complexity index is 257. The van der Waals surface area contributed by atoms with Gasteiger partial charge in [-0.1, -0.05) is 20.3 Å². The molecule has 1 saturated heterocycles. The molecule has 0 spiro atoms. The van der Waals surface area contributed by atoms with E-state index in [9.17, 15) is 0 Å². The van der Waals surface area contributed by atoms with Gasteiger partial charge in [0.1, 0.15) is 0 Å². The Morgan fingerprint density at radius 2 is 1.90 bits per heavy atom. The first-order valence-corrected chi connectivity index (χ1v) is 8.54. The van der Waals surface area contributed by atoms with Gasteiger partial charge in [-0.15, -0.1) is 0 Å². The van der Waals surface area contributed by atoms with Crippen molar-refractivity contribution >= 4 is 5.96 Å². The van der Waals surface area contributed by atoms with Crippen molar-refractivity contribution in [2.45, 2.75) is 52.9 Å². The molecule has 0 aliphatic carbocycles. The summed E-state index contributed by atoms with van der Waals surface area (Å²) in [6.45, 7) is 13.3. The van der Waals surface area contributed by atoms with Crippen LogP contribution in [0.1, 0.15) is 52.9 Å². The van der Waals surface area contributed by atoms with Crippen LogP contribution in [-0.2, 0) is 0 Å². The lowest BCUT2D eigenvalue weighted by Gasteiger charge is -2.31. The van der Waals surface area contributed by atoms with Gasteiger partial charge in [-0.25, -0.2) is 0 Å². The number of piperidine rings is 1. The highest BCUT2D eigenvalue weighted by Gasteiger charge is 2.17. The smallest absolute Gasteiger partial charge is 0.191 e. The van der Waals surface area contributed by atoms with Crippen molar-refractivity contribution in [1.82, 2.24) is 15.5 Å². The summed E-state index contributed by atoms with van der Waals surface area (Å²) in [4.78, 5) is 7.15. The minimum Gasteiger partial charge on any atom is -0.357 e. The molecule has 0 aromatic carbocycles. The third-order valence-corrected chi connectivity index (χ3v) is 4.13. The summed E-state index contributed by atoms with van der Waals surface area (Å²) in [5.41, 5.74) is 0. The molecule has 1 rings (SSSR count). The number of rotatable bonds is 8. The summed E-state index contributed by atoms with van der Waals surface area (Å²) in [7, 11) is 0. The van der Waals surface area contributed by atoms with Crippen molar-refractivity contribution in [2.75, 3.05) is 39.3 Å². The number of nitrogens with one attached hydrogen (secondary N) is 2. The first kappa shape index (κ1) is 17.3. The summed E-state index contributed by atoms with van der Waals surface area (Å²) in [6.07, 6.45) is 6.37. The topological polar surface area (TPSA) is 39.7 Å². The van der Waals surface area contributed by atoms with Crippen LogP contribution in [0.5, 0.6) is 0 Å². The monoisotopic (exact) mass is 282 g/mol. The Labute approximate surface area is 125 Å². The van der Waals surface area contributed by atoms with E-state index in [-0.39, 0.29) is 0 Å². The van der Waals surface area contributed by atoms with E-state index >= 15 is 0 Å². The Balaban J connectivity index is 2.18. The largest absolute Gasteiger partial charge is 0.357 e. The maximum atomic E-state index is 4.60. The molecule has 4 nitrogen and oxygen atoms in total. The van der Waals surface area contributed by atoms with Crippen molar-refractivity contribution < 1.29 is 0 Å². The first-order valence-electron chi connectivity index (χ1n) is 8.54. The Kier molecular flexibility index (Phi) is 9.46. The second-order valence-corrected chi connectivity index (χ2v) is 5.71. The fourth-order valence-corrected chi connectivity index (χ4v) is 2.68. The van der Waals surface area contributed by atoms with Crippen LogP contribution in [0.2, 0.25) is 0 Å². The summed E-state index contributed by atoms with van der Waals surface area (Å²) in [6, 6.07) is 0. The van der Waals surface area contributed by atoms with E-state index in [0.717, 1.165) is 31.5 Å². The molecular weight excluding hydrogens is 248 g/mol. The molecular formula is C16H34N4. The lowest BCUT2D eigenvalue weighted by molar-refractivity contribution is 0.187. The third-order valence-electron chi connectivity index (χ3n) is 4.13. The van der Waals surface area contributed by atoms with Crippen LogP contribution in [0.25, 0.3) is 0 Å². The van der Waals surface area contributed by atoms with Gasteiger partial charge in [-0.2, -0.15) is 0 Å². The second-order valence-electron chi connectivity index (χ2n) is 5.71. The molecule has 1 heterocycles. The van der Waals surface area contributed by atoms with Crippen molar-refractivity contribution in [3.05, 3.63) is 0 Å². The number of hydrogen-bond donors (Lipinski definition) is 2. The number of nitrogens with zero attached hydrogens (tertiary/aromatic N) is 2. The molecule has 0 radical (unpaired) electrons. The average molecular weight is 282 g/mol. The van der Waals surface area contributed by atoms with Crippen LogP contribution in [0, 0.1) is 5.92 Å². The van der Waals surface area contributed by atoms with Crippen molar-refractivity contribution in [2.24, 2.45) is 10.9 Å². The Morgan fingerprint density at radius 1 is 1.15 bits per heavy atom. The zero-order valence-electron chi connectivity index (χ0n) is 13.7. The molecule has 0 aromatic rings. The number of unbranched alkanes of at least 4 members (excludes halogenated alkanes) is 1. The highest BCUT2D eigenvalue weighted by atomic mass is 15.2. The molecule has 0 atom stereocenters. The maximum Gasteiger partial charge on any atom is 0.191 e.